The number of ketones is 1. The average molecular weight is 238 g/mol. The Hall–Kier alpha value is -0.670. The SMILES string of the molecule is Cc1ccc(C(=O)C(O)C2CCCCC2)s1. The highest BCUT2D eigenvalue weighted by Crippen LogP contribution is 2.29. The quantitative estimate of drug-likeness (QED) is 0.821. The lowest BCUT2D eigenvalue weighted by atomic mass is 9.83. The van der Waals surface area contributed by atoms with E-state index < -0.39 is 6.10 Å². The van der Waals surface area contributed by atoms with E-state index in [9.17, 15) is 9.90 Å². The zero-order valence-electron chi connectivity index (χ0n) is 9.61. The minimum atomic E-state index is -0.779. The van der Waals surface area contributed by atoms with Crippen LogP contribution in [-0.4, -0.2) is 17.0 Å². The molecule has 0 bridgehead atoms. The predicted octanol–water partition coefficient (Wildman–Crippen LogP) is 3.18. The molecular weight excluding hydrogens is 220 g/mol. The molecule has 1 atom stereocenters. The number of hydrogen-bond acceptors (Lipinski definition) is 3. The van der Waals surface area contributed by atoms with Crippen molar-refractivity contribution in [3.8, 4) is 0 Å². The van der Waals surface area contributed by atoms with Crippen LogP contribution in [0.4, 0.5) is 0 Å². The summed E-state index contributed by atoms with van der Waals surface area (Å²) in [5.41, 5.74) is 0. The van der Waals surface area contributed by atoms with E-state index in [2.05, 4.69) is 0 Å². The summed E-state index contributed by atoms with van der Waals surface area (Å²) in [6.45, 7) is 1.98. The number of carbonyl (C=O) groups is 1. The summed E-state index contributed by atoms with van der Waals surface area (Å²) in [6, 6.07) is 3.76. The molecule has 0 amide bonds. The van der Waals surface area contributed by atoms with Crippen LogP contribution in [-0.2, 0) is 0 Å². The van der Waals surface area contributed by atoms with E-state index >= 15 is 0 Å². The normalized spacial score (nSPS) is 19.6. The molecule has 1 aliphatic rings. The lowest BCUT2D eigenvalue weighted by Crippen LogP contribution is -2.30. The van der Waals surface area contributed by atoms with E-state index in [0.717, 1.165) is 30.6 Å². The van der Waals surface area contributed by atoms with Gasteiger partial charge in [0.1, 0.15) is 6.10 Å². The van der Waals surface area contributed by atoms with Gasteiger partial charge in [0.2, 0.25) is 5.78 Å². The molecule has 2 nitrogen and oxygen atoms in total. The molecule has 1 aliphatic carbocycles. The first kappa shape index (κ1) is 11.8. The molecule has 0 aliphatic heterocycles. The van der Waals surface area contributed by atoms with E-state index in [4.69, 9.17) is 0 Å². The largest absolute Gasteiger partial charge is 0.385 e. The van der Waals surface area contributed by atoms with Crippen molar-refractivity contribution in [2.24, 2.45) is 5.92 Å². The molecular formula is C13H18O2S. The highest BCUT2D eigenvalue weighted by Gasteiger charge is 2.28. The standard InChI is InChI=1S/C13H18O2S/c1-9-7-8-11(16-9)13(15)12(14)10-5-3-2-4-6-10/h7-8,10,12,14H,2-6H2,1H3. The molecule has 0 saturated heterocycles. The van der Waals surface area contributed by atoms with Crippen molar-refractivity contribution in [1.29, 1.82) is 0 Å². The minimum Gasteiger partial charge on any atom is -0.385 e. The van der Waals surface area contributed by atoms with Crippen molar-refractivity contribution in [3.05, 3.63) is 21.9 Å². The number of carbonyl (C=O) groups excluding carboxylic acids is 1. The van der Waals surface area contributed by atoms with Crippen molar-refractivity contribution >= 4 is 17.1 Å². The van der Waals surface area contributed by atoms with Crippen LogP contribution < -0.4 is 0 Å². The van der Waals surface area contributed by atoms with Gasteiger partial charge in [0.15, 0.2) is 0 Å². The number of thiophene rings is 1. The molecule has 1 heterocycles. The van der Waals surface area contributed by atoms with E-state index in [1.165, 1.54) is 17.8 Å². The van der Waals surface area contributed by atoms with Crippen molar-refractivity contribution < 1.29 is 9.90 Å². The minimum absolute atomic E-state index is 0.0787. The summed E-state index contributed by atoms with van der Waals surface area (Å²) in [5.74, 6) is 0.105. The van der Waals surface area contributed by atoms with Crippen LogP contribution >= 0.6 is 11.3 Å². The van der Waals surface area contributed by atoms with Crippen LogP contribution in [0.15, 0.2) is 12.1 Å². The molecule has 1 aromatic rings. The summed E-state index contributed by atoms with van der Waals surface area (Å²) in [4.78, 5) is 13.8. The average Bonchev–Trinajstić information content (AvgIpc) is 2.75. The molecule has 1 fully saturated rings. The van der Waals surface area contributed by atoms with Crippen molar-refractivity contribution in [1.82, 2.24) is 0 Å². The van der Waals surface area contributed by atoms with Gasteiger partial charge in [-0.1, -0.05) is 19.3 Å². The fraction of sp³-hybridized carbons (Fsp3) is 0.615. The third kappa shape index (κ3) is 2.53. The Kier molecular flexibility index (Phi) is 3.77. The summed E-state index contributed by atoms with van der Waals surface area (Å²) >= 11 is 1.48. The summed E-state index contributed by atoms with van der Waals surface area (Å²) in [7, 11) is 0. The van der Waals surface area contributed by atoms with Crippen LogP contribution in [0.25, 0.3) is 0 Å². The lowest BCUT2D eigenvalue weighted by molar-refractivity contribution is 0.0539. The Morgan fingerprint density at radius 2 is 2.06 bits per heavy atom. The Labute approximate surface area is 100 Å². The van der Waals surface area contributed by atoms with E-state index in [-0.39, 0.29) is 11.7 Å². The van der Waals surface area contributed by atoms with E-state index in [1.54, 1.807) is 0 Å². The Morgan fingerprint density at radius 1 is 1.38 bits per heavy atom. The van der Waals surface area contributed by atoms with Gasteiger partial charge in [-0.15, -0.1) is 11.3 Å². The Balaban J connectivity index is 2.03. The maximum atomic E-state index is 12.0. The third-order valence-corrected chi connectivity index (χ3v) is 4.36. The molecule has 1 saturated carbocycles. The molecule has 0 aromatic carbocycles. The smallest absolute Gasteiger partial charge is 0.201 e. The van der Waals surface area contributed by atoms with Crippen LogP contribution in [0.2, 0.25) is 0 Å². The van der Waals surface area contributed by atoms with Crippen LogP contribution in [0.1, 0.15) is 46.7 Å². The van der Waals surface area contributed by atoms with E-state index in [1.807, 2.05) is 19.1 Å². The summed E-state index contributed by atoms with van der Waals surface area (Å²) < 4.78 is 0. The zero-order valence-corrected chi connectivity index (χ0v) is 10.4. The number of rotatable bonds is 3. The Morgan fingerprint density at radius 3 is 2.62 bits per heavy atom. The highest BCUT2D eigenvalue weighted by atomic mass is 32.1. The molecule has 0 spiro atoms. The first-order chi connectivity index (χ1) is 7.68. The number of hydrogen-bond donors (Lipinski definition) is 1. The molecule has 0 radical (unpaired) electrons. The number of aryl methyl sites for hydroxylation is 1. The zero-order chi connectivity index (χ0) is 11.5. The van der Waals surface area contributed by atoms with Crippen LogP contribution in [0.5, 0.6) is 0 Å². The molecule has 88 valence electrons. The molecule has 1 N–H and O–H groups in total. The number of aliphatic hydroxyl groups excluding tert-OH is 1. The first-order valence-corrected chi connectivity index (χ1v) is 6.79. The summed E-state index contributed by atoms with van der Waals surface area (Å²) in [5, 5.41) is 10.1. The predicted molar refractivity (Wildman–Crippen MR) is 66.0 cm³/mol. The van der Waals surface area contributed by atoms with Gasteiger partial charge in [-0.3, -0.25) is 4.79 Å². The monoisotopic (exact) mass is 238 g/mol. The van der Waals surface area contributed by atoms with Crippen molar-refractivity contribution in [2.75, 3.05) is 0 Å². The second kappa shape index (κ2) is 5.11. The van der Waals surface area contributed by atoms with Gasteiger partial charge in [0.25, 0.3) is 0 Å². The second-order valence-electron chi connectivity index (χ2n) is 4.62. The Bertz CT molecular complexity index is 364. The molecule has 16 heavy (non-hydrogen) atoms. The highest BCUT2D eigenvalue weighted by molar-refractivity contribution is 7.14. The second-order valence-corrected chi connectivity index (χ2v) is 5.91. The van der Waals surface area contributed by atoms with Crippen molar-refractivity contribution in [2.45, 2.75) is 45.1 Å². The van der Waals surface area contributed by atoms with Gasteiger partial charge in [0, 0.05) is 4.88 Å². The summed E-state index contributed by atoms with van der Waals surface area (Å²) in [6.07, 6.45) is 4.76. The van der Waals surface area contributed by atoms with Gasteiger partial charge < -0.3 is 5.11 Å². The van der Waals surface area contributed by atoms with Crippen LogP contribution in [0, 0.1) is 12.8 Å². The molecule has 1 aromatic heterocycles. The third-order valence-electron chi connectivity index (χ3n) is 3.35. The van der Waals surface area contributed by atoms with Crippen LogP contribution in [0.3, 0.4) is 0 Å². The topological polar surface area (TPSA) is 37.3 Å². The van der Waals surface area contributed by atoms with Crippen molar-refractivity contribution in [3.63, 3.8) is 0 Å². The van der Waals surface area contributed by atoms with Gasteiger partial charge in [0.05, 0.1) is 4.88 Å². The molecule has 2 rings (SSSR count). The lowest BCUT2D eigenvalue weighted by Gasteiger charge is -2.25. The number of Topliss-reactive ketones (excluding diaryl/α,β-unsaturated/α-hetero) is 1. The molecule has 1 unspecified atom stereocenters. The maximum Gasteiger partial charge on any atom is 0.201 e. The van der Waals surface area contributed by atoms with Gasteiger partial charge in [-0.2, -0.15) is 0 Å². The van der Waals surface area contributed by atoms with E-state index in [0.29, 0.717) is 4.88 Å². The van der Waals surface area contributed by atoms with Gasteiger partial charge in [-0.25, -0.2) is 0 Å². The molecule has 3 heteroatoms. The fourth-order valence-electron chi connectivity index (χ4n) is 2.38. The number of aliphatic hydroxyl groups is 1. The van der Waals surface area contributed by atoms with Gasteiger partial charge >= 0.3 is 0 Å². The maximum absolute atomic E-state index is 12.0. The first-order valence-electron chi connectivity index (χ1n) is 5.97. The van der Waals surface area contributed by atoms with Gasteiger partial charge in [-0.05, 0) is 37.8 Å². The fourth-order valence-corrected chi connectivity index (χ4v) is 3.22.